The van der Waals surface area contributed by atoms with Gasteiger partial charge in [-0.05, 0) is 42.3 Å². The third-order valence-corrected chi connectivity index (χ3v) is 3.75. The Labute approximate surface area is 136 Å². The fraction of sp³-hybridized carbons (Fsp3) is 0.250. The van der Waals surface area contributed by atoms with Crippen molar-refractivity contribution in [3.63, 3.8) is 0 Å². The van der Waals surface area contributed by atoms with E-state index in [1.165, 1.54) is 11.1 Å². The van der Waals surface area contributed by atoms with Gasteiger partial charge in [0, 0.05) is 24.3 Å². The Morgan fingerprint density at radius 1 is 1.09 bits per heavy atom. The van der Waals surface area contributed by atoms with Gasteiger partial charge in [-0.25, -0.2) is 4.79 Å². The van der Waals surface area contributed by atoms with E-state index in [1.54, 1.807) is 6.92 Å². The zero-order chi connectivity index (χ0) is 16.1. The quantitative estimate of drug-likeness (QED) is 0.645. The van der Waals surface area contributed by atoms with Crippen molar-refractivity contribution in [2.75, 3.05) is 6.61 Å². The molecule has 3 rings (SSSR count). The van der Waals surface area contributed by atoms with Crippen LogP contribution < -0.4 is 4.74 Å². The Kier molecular flexibility index (Phi) is 4.63. The maximum Gasteiger partial charge on any atom is 0.384 e. The molecule has 116 valence electrons. The topological polar surface area (TPSA) is 35.5 Å². The summed E-state index contributed by atoms with van der Waals surface area (Å²) in [4.78, 5) is 11.2. The SMILES string of the molecule is CCOC(=O)C#Cc1ccc(OC2Cc3ccccc3C2)cc1. The molecule has 0 N–H and O–H groups in total. The number of benzene rings is 2. The van der Waals surface area contributed by atoms with Crippen LogP contribution in [0.25, 0.3) is 0 Å². The third-order valence-electron chi connectivity index (χ3n) is 3.75. The number of carbonyl (C=O) groups excluding carboxylic acids is 1. The summed E-state index contributed by atoms with van der Waals surface area (Å²) >= 11 is 0. The van der Waals surface area contributed by atoms with Crippen molar-refractivity contribution in [2.45, 2.75) is 25.9 Å². The van der Waals surface area contributed by atoms with Crippen LogP contribution in [-0.4, -0.2) is 18.7 Å². The van der Waals surface area contributed by atoms with E-state index in [9.17, 15) is 4.79 Å². The second-order valence-corrected chi connectivity index (χ2v) is 5.41. The summed E-state index contributed by atoms with van der Waals surface area (Å²) in [6, 6.07) is 15.9. The average Bonchev–Trinajstić information content (AvgIpc) is 2.97. The second kappa shape index (κ2) is 7.02. The molecule has 0 heterocycles. The Morgan fingerprint density at radius 3 is 2.35 bits per heavy atom. The Bertz CT molecular complexity index is 725. The van der Waals surface area contributed by atoms with Gasteiger partial charge in [-0.3, -0.25) is 0 Å². The molecule has 0 radical (unpaired) electrons. The number of esters is 1. The Morgan fingerprint density at radius 2 is 1.74 bits per heavy atom. The van der Waals surface area contributed by atoms with E-state index in [0.717, 1.165) is 24.2 Å². The number of fused-ring (bicyclic) bond motifs is 1. The predicted molar refractivity (Wildman–Crippen MR) is 88.2 cm³/mol. The van der Waals surface area contributed by atoms with Crippen molar-refractivity contribution >= 4 is 5.97 Å². The molecule has 0 aromatic heterocycles. The van der Waals surface area contributed by atoms with Crippen molar-refractivity contribution < 1.29 is 14.3 Å². The van der Waals surface area contributed by atoms with Gasteiger partial charge in [-0.15, -0.1) is 0 Å². The van der Waals surface area contributed by atoms with E-state index in [4.69, 9.17) is 9.47 Å². The van der Waals surface area contributed by atoms with Crippen LogP contribution in [0, 0.1) is 11.8 Å². The molecule has 0 unspecified atom stereocenters. The van der Waals surface area contributed by atoms with Gasteiger partial charge < -0.3 is 9.47 Å². The fourth-order valence-corrected chi connectivity index (χ4v) is 2.70. The summed E-state index contributed by atoms with van der Waals surface area (Å²) in [7, 11) is 0. The first-order valence-corrected chi connectivity index (χ1v) is 7.77. The zero-order valence-corrected chi connectivity index (χ0v) is 13.0. The lowest BCUT2D eigenvalue weighted by atomic mass is 10.1. The molecule has 2 aromatic carbocycles. The fourth-order valence-electron chi connectivity index (χ4n) is 2.70. The summed E-state index contributed by atoms with van der Waals surface area (Å²) < 4.78 is 10.8. The maximum atomic E-state index is 11.2. The van der Waals surface area contributed by atoms with Crippen LogP contribution in [0.5, 0.6) is 5.75 Å². The maximum absolute atomic E-state index is 11.2. The van der Waals surface area contributed by atoms with Gasteiger partial charge in [-0.1, -0.05) is 30.2 Å². The van der Waals surface area contributed by atoms with Crippen LogP contribution >= 0.6 is 0 Å². The minimum Gasteiger partial charge on any atom is -0.490 e. The summed E-state index contributed by atoms with van der Waals surface area (Å²) in [5, 5.41) is 0. The van der Waals surface area contributed by atoms with Gasteiger partial charge in [0.1, 0.15) is 11.9 Å². The molecule has 1 aliphatic rings. The zero-order valence-electron chi connectivity index (χ0n) is 13.0. The molecule has 0 atom stereocenters. The van der Waals surface area contributed by atoms with E-state index in [-0.39, 0.29) is 6.10 Å². The summed E-state index contributed by atoms with van der Waals surface area (Å²) in [5.41, 5.74) is 3.50. The largest absolute Gasteiger partial charge is 0.490 e. The number of carbonyl (C=O) groups is 1. The van der Waals surface area contributed by atoms with Gasteiger partial charge in [0.15, 0.2) is 0 Å². The second-order valence-electron chi connectivity index (χ2n) is 5.41. The average molecular weight is 306 g/mol. The summed E-state index contributed by atoms with van der Waals surface area (Å²) in [6.07, 6.45) is 2.07. The van der Waals surface area contributed by atoms with E-state index >= 15 is 0 Å². The number of hydrogen-bond donors (Lipinski definition) is 0. The molecule has 1 aliphatic carbocycles. The van der Waals surface area contributed by atoms with Crippen LogP contribution in [0.3, 0.4) is 0 Å². The molecule has 0 bridgehead atoms. The van der Waals surface area contributed by atoms with E-state index in [1.807, 2.05) is 24.3 Å². The van der Waals surface area contributed by atoms with Gasteiger partial charge in [-0.2, -0.15) is 0 Å². The Balaban J connectivity index is 1.60. The van der Waals surface area contributed by atoms with Crippen molar-refractivity contribution in [2.24, 2.45) is 0 Å². The summed E-state index contributed by atoms with van der Waals surface area (Å²) in [5.74, 6) is 5.56. The van der Waals surface area contributed by atoms with Gasteiger partial charge in [0.05, 0.1) is 6.61 Å². The highest BCUT2D eigenvalue weighted by Gasteiger charge is 2.22. The highest BCUT2D eigenvalue weighted by atomic mass is 16.5. The molecule has 0 spiro atoms. The molecule has 0 saturated carbocycles. The molecular weight excluding hydrogens is 288 g/mol. The molecule has 3 nitrogen and oxygen atoms in total. The van der Waals surface area contributed by atoms with Gasteiger partial charge in [0.2, 0.25) is 0 Å². The molecule has 3 heteroatoms. The van der Waals surface area contributed by atoms with E-state index < -0.39 is 5.97 Å². The molecule has 2 aromatic rings. The first kappa shape index (κ1) is 15.2. The lowest BCUT2D eigenvalue weighted by Gasteiger charge is -2.12. The number of rotatable bonds is 3. The van der Waals surface area contributed by atoms with Crippen LogP contribution in [0.15, 0.2) is 48.5 Å². The molecular formula is C20H18O3. The van der Waals surface area contributed by atoms with Gasteiger partial charge in [0.25, 0.3) is 0 Å². The molecule has 0 amide bonds. The van der Waals surface area contributed by atoms with E-state index in [0.29, 0.717) is 6.61 Å². The van der Waals surface area contributed by atoms with Crippen molar-refractivity contribution in [3.8, 4) is 17.6 Å². The monoisotopic (exact) mass is 306 g/mol. The van der Waals surface area contributed by atoms with E-state index in [2.05, 4.69) is 36.1 Å². The van der Waals surface area contributed by atoms with Crippen LogP contribution in [0.4, 0.5) is 0 Å². The minimum absolute atomic E-state index is 0.184. The minimum atomic E-state index is -0.503. The molecule has 0 saturated heterocycles. The smallest absolute Gasteiger partial charge is 0.384 e. The first-order chi connectivity index (χ1) is 11.2. The summed E-state index contributed by atoms with van der Waals surface area (Å²) in [6.45, 7) is 2.09. The lowest BCUT2D eigenvalue weighted by molar-refractivity contribution is -0.136. The van der Waals surface area contributed by atoms with Crippen LogP contribution in [0.1, 0.15) is 23.6 Å². The molecule has 0 fully saturated rings. The number of ether oxygens (including phenoxy) is 2. The third kappa shape index (κ3) is 3.92. The van der Waals surface area contributed by atoms with Crippen LogP contribution in [-0.2, 0) is 22.4 Å². The standard InChI is InChI=1S/C20H18O3/c1-2-22-20(21)12-9-15-7-10-18(11-8-15)23-19-13-16-5-3-4-6-17(16)14-19/h3-8,10-11,19H,2,13-14H2,1H3. The normalized spacial score (nSPS) is 12.9. The van der Waals surface area contributed by atoms with Crippen molar-refractivity contribution in [1.82, 2.24) is 0 Å². The Hall–Kier alpha value is -2.73. The predicted octanol–water partition coefficient (Wildman–Crippen LogP) is 3.15. The van der Waals surface area contributed by atoms with Crippen molar-refractivity contribution in [3.05, 3.63) is 65.2 Å². The van der Waals surface area contributed by atoms with Crippen molar-refractivity contribution in [1.29, 1.82) is 0 Å². The molecule has 23 heavy (non-hydrogen) atoms. The van der Waals surface area contributed by atoms with Gasteiger partial charge >= 0.3 is 5.97 Å². The lowest BCUT2D eigenvalue weighted by Crippen LogP contribution is -2.16. The highest BCUT2D eigenvalue weighted by Crippen LogP contribution is 2.25. The highest BCUT2D eigenvalue weighted by molar-refractivity contribution is 5.89. The first-order valence-electron chi connectivity index (χ1n) is 7.77. The molecule has 0 aliphatic heterocycles. The van der Waals surface area contributed by atoms with Crippen LogP contribution in [0.2, 0.25) is 0 Å². The number of hydrogen-bond acceptors (Lipinski definition) is 3.